The molecular weight excluding hydrogens is 196 g/mol. The van der Waals surface area contributed by atoms with Gasteiger partial charge in [0.2, 0.25) is 0 Å². The molecule has 0 bridgehead atoms. The predicted molar refractivity (Wildman–Crippen MR) is 72.4 cm³/mol. The minimum atomic E-state index is -0.239. The van der Waals surface area contributed by atoms with E-state index in [9.17, 15) is 5.11 Å². The molecule has 0 aliphatic carbocycles. The second-order valence-corrected chi connectivity index (χ2v) is 5.65. The first-order valence-corrected chi connectivity index (χ1v) is 6.72. The molecule has 0 aliphatic heterocycles. The predicted octanol–water partition coefficient (Wildman–Crippen LogP) is 4.27. The molecule has 0 aliphatic rings. The fourth-order valence-corrected chi connectivity index (χ4v) is 2.38. The summed E-state index contributed by atoms with van der Waals surface area (Å²) in [5, 5.41) is 10.1. The zero-order valence-corrected chi connectivity index (χ0v) is 11.7. The maximum absolute atomic E-state index is 10.1. The van der Waals surface area contributed by atoms with Crippen molar-refractivity contribution in [2.75, 3.05) is 0 Å². The Morgan fingerprint density at radius 3 is 2.06 bits per heavy atom. The fraction of sp³-hybridized carbons (Fsp3) is 0.867. The van der Waals surface area contributed by atoms with Crippen molar-refractivity contribution in [3.05, 3.63) is 12.7 Å². The zero-order valence-electron chi connectivity index (χ0n) is 11.7. The Labute approximate surface area is 102 Å². The molecule has 0 radical (unpaired) electrons. The lowest BCUT2D eigenvalue weighted by atomic mass is 9.83. The summed E-state index contributed by atoms with van der Waals surface area (Å²) in [5.74, 6) is 2.07. The van der Waals surface area contributed by atoms with Crippen molar-refractivity contribution in [3.63, 3.8) is 0 Å². The van der Waals surface area contributed by atoms with Gasteiger partial charge in [0.1, 0.15) is 0 Å². The summed E-state index contributed by atoms with van der Waals surface area (Å²) in [5.41, 5.74) is 0. The molecule has 1 N–H and O–H groups in total. The van der Waals surface area contributed by atoms with Crippen molar-refractivity contribution in [1.82, 2.24) is 0 Å². The van der Waals surface area contributed by atoms with E-state index < -0.39 is 0 Å². The average molecular weight is 226 g/mol. The second kappa shape index (κ2) is 7.89. The van der Waals surface area contributed by atoms with Gasteiger partial charge in [-0.15, -0.1) is 6.58 Å². The molecule has 0 unspecified atom stereocenters. The van der Waals surface area contributed by atoms with Crippen LogP contribution >= 0.6 is 0 Å². The van der Waals surface area contributed by atoms with Crippen LogP contribution in [0.1, 0.15) is 53.9 Å². The highest BCUT2D eigenvalue weighted by atomic mass is 16.3. The topological polar surface area (TPSA) is 20.2 Å². The van der Waals surface area contributed by atoms with Crippen LogP contribution in [0.15, 0.2) is 12.7 Å². The third kappa shape index (κ3) is 5.69. The van der Waals surface area contributed by atoms with Gasteiger partial charge in [-0.1, -0.05) is 47.1 Å². The molecule has 0 rings (SSSR count). The molecule has 0 aromatic rings. The van der Waals surface area contributed by atoms with E-state index >= 15 is 0 Å². The van der Waals surface area contributed by atoms with Gasteiger partial charge in [-0.2, -0.15) is 0 Å². The first kappa shape index (κ1) is 15.7. The standard InChI is InChI=1S/C15H30O/c1-7-11(3)9-12(4)10-14(6)15(16)13(5)8-2/h8,11-16H,2,7,9-10H2,1,3-6H3/t11-,12-,13-,14-,15-/m0/s1. The minimum Gasteiger partial charge on any atom is -0.392 e. The van der Waals surface area contributed by atoms with E-state index in [-0.39, 0.29) is 12.0 Å². The van der Waals surface area contributed by atoms with Crippen LogP contribution in [-0.4, -0.2) is 11.2 Å². The van der Waals surface area contributed by atoms with Gasteiger partial charge in [-0.25, -0.2) is 0 Å². The highest BCUT2D eigenvalue weighted by Gasteiger charge is 2.21. The molecule has 0 saturated heterocycles. The molecule has 0 aromatic heterocycles. The summed E-state index contributed by atoms with van der Waals surface area (Å²) in [6.07, 6.45) is 5.25. The smallest absolute Gasteiger partial charge is 0.0625 e. The van der Waals surface area contributed by atoms with Gasteiger partial charge in [0.15, 0.2) is 0 Å². The molecule has 5 atom stereocenters. The van der Waals surface area contributed by atoms with Gasteiger partial charge in [0.25, 0.3) is 0 Å². The van der Waals surface area contributed by atoms with E-state index in [2.05, 4.69) is 34.3 Å². The normalized spacial score (nSPS) is 20.9. The minimum absolute atomic E-state index is 0.200. The number of hydrogen-bond donors (Lipinski definition) is 1. The molecule has 0 fully saturated rings. The van der Waals surface area contributed by atoms with E-state index in [1.807, 2.05) is 13.0 Å². The Hall–Kier alpha value is -0.300. The van der Waals surface area contributed by atoms with E-state index in [1.165, 1.54) is 12.8 Å². The van der Waals surface area contributed by atoms with Crippen molar-refractivity contribution in [2.45, 2.75) is 60.0 Å². The molecule has 16 heavy (non-hydrogen) atoms. The quantitative estimate of drug-likeness (QED) is 0.613. The van der Waals surface area contributed by atoms with E-state index in [1.54, 1.807) is 0 Å². The van der Waals surface area contributed by atoms with Crippen LogP contribution in [-0.2, 0) is 0 Å². The molecule has 0 saturated carbocycles. The van der Waals surface area contributed by atoms with Crippen LogP contribution < -0.4 is 0 Å². The van der Waals surface area contributed by atoms with Crippen molar-refractivity contribution in [1.29, 1.82) is 0 Å². The van der Waals surface area contributed by atoms with Crippen LogP contribution in [0.3, 0.4) is 0 Å². The Bertz CT molecular complexity index is 188. The summed E-state index contributed by atoms with van der Waals surface area (Å²) >= 11 is 0. The molecular formula is C15H30O. The maximum atomic E-state index is 10.1. The molecule has 0 amide bonds. The largest absolute Gasteiger partial charge is 0.392 e. The second-order valence-electron chi connectivity index (χ2n) is 5.65. The molecule has 1 heteroatoms. The SMILES string of the molecule is C=C[C@H](C)[C@H](O)[C@@H](C)C[C@@H](C)C[C@@H](C)CC. The van der Waals surface area contributed by atoms with Gasteiger partial charge in [-0.3, -0.25) is 0 Å². The van der Waals surface area contributed by atoms with Crippen LogP contribution in [0.5, 0.6) is 0 Å². The van der Waals surface area contributed by atoms with E-state index in [4.69, 9.17) is 0 Å². The van der Waals surface area contributed by atoms with Crippen molar-refractivity contribution < 1.29 is 5.11 Å². The summed E-state index contributed by atoms with van der Waals surface area (Å²) < 4.78 is 0. The van der Waals surface area contributed by atoms with Crippen molar-refractivity contribution in [2.24, 2.45) is 23.7 Å². The average Bonchev–Trinajstić information content (AvgIpc) is 2.26. The van der Waals surface area contributed by atoms with Gasteiger partial charge in [0.05, 0.1) is 6.10 Å². The van der Waals surface area contributed by atoms with Crippen molar-refractivity contribution >= 4 is 0 Å². The summed E-state index contributed by atoms with van der Waals surface area (Å²) in [4.78, 5) is 0. The van der Waals surface area contributed by atoms with Crippen LogP contribution in [0.25, 0.3) is 0 Å². The number of hydrogen-bond acceptors (Lipinski definition) is 1. The molecule has 96 valence electrons. The highest BCUT2D eigenvalue weighted by Crippen LogP contribution is 2.25. The van der Waals surface area contributed by atoms with Gasteiger partial charge in [0, 0.05) is 0 Å². The molecule has 0 heterocycles. The van der Waals surface area contributed by atoms with E-state index in [0.29, 0.717) is 11.8 Å². The Kier molecular flexibility index (Phi) is 7.74. The van der Waals surface area contributed by atoms with Gasteiger partial charge in [-0.05, 0) is 36.5 Å². The zero-order chi connectivity index (χ0) is 12.7. The lowest BCUT2D eigenvalue weighted by Crippen LogP contribution is -2.26. The number of rotatable bonds is 8. The van der Waals surface area contributed by atoms with Crippen LogP contribution in [0.2, 0.25) is 0 Å². The summed E-state index contributed by atoms with van der Waals surface area (Å²) in [6.45, 7) is 14.8. The van der Waals surface area contributed by atoms with Crippen LogP contribution in [0, 0.1) is 23.7 Å². The Balaban J connectivity index is 4.02. The van der Waals surface area contributed by atoms with Crippen molar-refractivity contribution in [3.8, 4) is 0 Å². The van der Waals surface area contributed by atoms with Crippen LogP contribution in [0.4, 0.5) is 0 Å². The van der Waals surface area contributed by atoms with Gasteiger partial charge < -0.3 is 5.11 Å². The molecule has 1 nitrogen and oxygen atoms in total. The first-order valence-electron chi connectivity index (χ1n) is 6.72. The van der Waals surface area contributed by atoms with Gasteiger partial charge >= 0.3 is 0 Å². The fourth-order valence-electron chi connectivity index (χ4n) is 2.38. The summed E-state index contributed by atoms with van der Waals surface area (Å²) in [6, 6.07) is 0. The highest BCUT2D eigenvalue weighted by molar-refractivity contribution is 4.84. The lowest BCUT2D eigenvalue weighted by molar-refractivity contribution is 0.0699. The lowest BCUT2D eigenvalue weighted by Gasteiger charge is -2.26. The maximum Gasteiger partial charge on any atom is 0.0625 e. The molecule has 0 spiro atoms. The first-order chi connectivity index (χ1) is 7.42. The number of aliphatic hydroxyl groups excluding tert-OH is 1. The Morgan fingerprint density at radius 1 is 1.06 bits per heavy atom. The Morgan fingerprint density at radius 2 is 1.62 bits per heavy atom. The monoisotopic (exact) mass is 226 g/mol. The number of aliphatic hydroxyl groups is 1. The molecule has 0 aromatic carbocycles. The van der Waals surface area contributed by atoms with E-state index in [0.717, 1.165) is 12.3 Å². The summed E-state index contributed by atoms with van der Waals surface area (Å²) in [7, 11) is 0. The third-order valence-electron chi connectivity index (χ3n) is 3.77. The third-order valence-corrected chi connectivity index (χ3v) is 3.77.